The van der Waals surface area contributed by atoms with Crippen molar-refractivity contribution in [2.24, 2.45) is 0 Å². The average Bonchev–Trinajstić information content (AvgIpc) is 3.74. The monoisotopic (exact) mass is 600 g/mol. The first-order valence-electron chi connectivity index (χ1n) is 15.4. The summed E-state index contributed by atoms with van der Waals surface area (Å²) in [6.07, 6.45) is 11.3. The quantitative estimate of drug-likeness (QED) is 0.228. The van der Waals surface area contributed by atoms with E-state index in [1.165, 1.54) is 61.5 Å². The summed E-state index contributed by atoms with van der Waals surface area (Å²) in [5.74, 6) is -0.409. The van der Waals surface area contributed by atoms with Crippen LogP contribution in [-0.2, 0) is 16.1 Å². The van der Waals surface area contributed by atoms with Gasteiger partial charge in [0.15, 0.2) is 0 Å². The Hall–Kier alpha value is -3.92. The molecule has 2 aromatic carbocycles. The number of nitrogens with one attached hydrogen (secondary N) is 1. The highest BCUT2D eigenvalue weighted by atomic mass is 32.1. The van der Waals surface area contributed by atoms with Crippen LogP contribution in [0.3, 0.4) is 0 Å². The van der Waals surface area contributed by atoms with Crippen molar-refractivity contribution in [1.82, 2.24) is 25.5 Å². The minimum absolute atomic E-state index is 0.0923. The highest BCUT2D eigenvalue weighted by molar-refractivity contribution is 7.10. The standard InChI is InChI=1S/C33H37FN6O2S/c34-28-15-8-7-14-27(28)32-36-38-39(37-32)22-30(41)40(26-19-17-24(18-20-26)23-10-3-1-4-11-23)31(29-16-9-21-43-29)33(42)35-25-12-5-2-6-13-25/h7-9,14-21,23,25,31H,1-6,10-13,22H2,(H,35,42). The molecule has 0 spiro atoms. The summed E-state index contributed by atoms with van der Waals surface area (Å²) < 4.78 is 14.4. The topological polar surface area (TPSA) is 93.0 Å². The lowest BCUT2D eigenvalue weighted by Crippen LogP contribution is -2.48. The fourth-order valence-corrected chi connectivity index (χ4v) is 7.20. The van der Waals surface area contributed by atoms with Gasteiger partial charge in [-0.25, -0.2) is 4.39 Å². The Morgan fingerprint density at radius 2 is 1.65 bits per heavy atom. The molecule has 1 unspecified atom stereocenters. The smallest absolute Gasteiger partial charge is 0.251 e. The molecule has 0 aliphatic heterocycles. The molecule has 0 radical (unpaired) electrons. The molecule has 6 rings (SSSR count). The van der Waals surface area contributed by atoms with Gasteiger partial charge in [0.05, 0.1) is 5.56 Å². The van der Waals surface area contributed by atoms with Crippen molar-refractivity contribution >= 4 is 28.8 Å². The lowest BCUT2D eigenvalue weighted by atomic mass is 9.84. The van der Waals surface area contributed by atoms with Crippen LogP contribution >= 0.6 is 11.3 Å². The number of aromatic nitrogens is 4. The lowest BCUT2D eigenvalue weighted by molar-refractivity contribution is -0.127. The fourth-order valence-electron chi connectivity index (χ4n) is 6.39. The third-order valence-electron chi connectivity index (χ3n) is 8.63. The zero-order valence-corrected chi connectivity index (χ0v) is 25.0. The number of benzene rings is 2. The van der Waals surface area contributed by atoms with Crippen molar-refractivity contribution in [3.05, 3.63) is 82.3 Å². The van der Waals surface area contributed by atoms with E-state index in [9.17, 15) is 14.0 Å². The number of halogens is 1. The van der Waals surface area contributed by atoms with Gasteiger partial charge in [-0.3, -0.25) is 14.5 Å². The molecular formula is C33H37FN6O2S. The van der Waals surface area contributed by atoms with Crippen LogP contribution in [0.15, 0.2) is 66.0 Å². The Balaban J connectivity index is 1.32. The largest absolute Gasteiger partial charge is 0.351 e. The number of hydrogen-bond donors (Lipinski definition) is 1. The first kappa shape index (κ1) is 29.2. The van der Waals surface area contributed by atoms with Crippen LogP contribution in [0.1, 0.15) is 86.6 Å². The Bertz CT molecular complexity index is 1510. The lowest BCUT2D eigenvalue weighted by Gasteiger charge is -2.33. The molecule has 10 heteroatoms. The van der Waals surface area contributed by atoms with E-state index < -0.39 is 11.9 Å². The van der Waals surface area contributed by atoms with Crippen molar-refractivity contribution in [2.45, 2.75) is 88.8 Å². The van der Waals surface area contributed by atoms with E-state index in [0.29, 0.717) is 11.6 Å². The Kier molecular flexibility index (Phi) is 9.21. The van der Waals surface area contributed by atoms with E-state index in [2.05, 4.69) is 32.9 Å². The highest BCUT2D eigenvalue weighted by Gasteiger charge is 2.35. The highest BCUT2D eigenvalue weighted by Crippen LogP contribution is 2.36. The number of carbonyl (C=O) groups is 2. The van der Waals surface area contributed by atoms with E-state index >= 15 is 0 Å². The third kappa shape index (κ3) is 6.85. The number of carbonyl (C=O) groups excluding carboxylic acids is 2. The van der Waals surface area contributed by atoms with E-state index in [4.69, 9.17) is 0 Å². The van der Waals surface area contributed by atoms with Gasteiger partial charge in [0.1, 0.15) is 18.4 Å². The van der Waals surface area contributed by atoms with Crippen molar-refractivity contribution in [3.63, 3.8) is 0 Å². The predicted octanol–water partition coefficient (Wildman–Crippen LogP) is 6.81. The molecule has 2 amide bonds. The second-order valence-electron chi connectivity index (χ2n) is 11.6. The molecule has 2 aromatic heterocycles. The first-order valence-corrected chi connectivity index (χ1v) is 16.2. The molecule has 2 aliphatic rings. The zero-order valence-electron chi connectivity index (χ0n) is 24.2. The van der Waals surface area contributed by atoms with Crippen molar-refractivity contribution < 1.29 is 14.0 Å². The van der Waals surface area contributed by atoms with Gasteiger partial charge in [0, 0.05) is 16.6 Å². The van der Waals surface area contributed by atoms with Gasteiger partial charge in [-0.05, 0) is 78.1 Å². The SMILES string of the molecule is O=C(NC1CCCCC1)C(c1cccs1)N(C(=O)Cn1nnc(-c2ccccc2F)n1)c1ccc(C2CCCCC2)cc1. The molecule has 0 bridgehead atoms. The molecule has 1 N–H and O–H groups in total. The summed E-state index contributed by atoms with van der Waals surface area (Å²) in [5, 5.41) is 17.5. The van der Waals surface area contributed by atoms with Gasteiger partial charge in [-0.2, -0.15) is 4.80 Å². The van der Waals surface area contributed by atoms with Gasteiger partial charge in [-0.1, -0.05) is 68.9 Å². The van der Waals surface area contributed by atoms with Gasteiger partial charge in [0.25, 0.3) is 5.91 Å². The van der Waals surface area contributed by atoms with Crippen LogP contribution in [0, 0.1) is 5.82 Å². The molecule has 2 aliphatic carbocycles. The van der Waals surface area contributed by atoms with E-state index in [1.54, 1.807) is 23.1 Å². The number of rotatable bonds is 9. The number of tetrazole rings is 1. The summed E-state index contributed by atoms with van der Waals surface area (Å²) in [6.45, 7) is -0.260. The predicted molar refractivity (Wildman–Crippen MR) is 165 cm³/mol. The van der Waals surface area contributed by atoms with Crippen molar-refractivity contribution in [2.75, 3.05) is 4.90 Å². The zero-order chi connectivity index (χ0) is 29.6. The maximum Gasteiger partial charge on any atom is 0.251 e. The van der Waals surface area contributed by atoms with Crippen LogP contribution < -0.4 is 10.2 Å². The number of anilines is 1. The minimum atomic E-state index is -0.857. The summed E-state index contributed by atoms with van der Waals surface area (Å²) >= 11 is 1.45. The molecule has 43 heavy (non-hydrogen) atoms. The van der Waals surface area contributed by atoms with Crippen molar-refractivity contribution in [3.8, 4) is 11.4 Å². The summed E-state index contributed by atoms with van der Waals surface area (Å²) in [6, 6.07) is 17.3. The van der Waals surface area contributed by atoms with Gasteiger partial charge >= 0.3 is 0 Å². The molecular weight excluding hydrogens is 563 g/mol. The van der Waals surface area contributed by atoms with Crippen LogP contribution in [0.2, 0.25) is 0 Å². The number of nitrogens with zero attached hydrogens (tertiary/aromatic N) is 5. The first-order chi connectivity index (χ1) is 21.1. The summed E-state index contributed by atoms with van der Waals surface area (Å²) in [5.41, 5.74) is 2.11. The van der Waals surface area contributed by atoms with Gasteiger partial charge < -0.3 is 5.32 Å². The van der Waals surface area contributed by atoms with Crippen LogP contribution in [0.25, 0.3) is 11.4 Å². The van der Waals surface area contributed by atoms with Crippen LogP contribution in [0.5, 0.6) is 0 Å². The second-order valence-corrected chi connectivity index (χ2v) is 12.6. The third-order valence-corrected chi connectivity index (χ3v) is 9.56. The average molecular weight is 601 g/mol. The minimum Gasteiger partial charge on any atom is -0.351 e. The molecule has 4 aromatic rings. The van der Waals surface area contributed by atoms with E-state index in [-0.39, 0.29) is 35.8 Å². The Morgan fingerprint density at radius 1 is 0.930 bits per heavy atom. The number of thiophene rings is 1. The molecule has 8 nitrogen and oxygen atoms in total. The fraction of sp³-hybridized carbons (Fsp3) is 0.424. The number of amides is 2. The normalized spacial score (nSPS) is 17.0. The number of hydrogen-bond acceptors (Lipinski definition) is 6. The molecule has 2 heterocycles. The van der Waals surface area contributed by atoms with Crippen LogP contribution in [-0.4, -0.2) is 38.1 Å². The van der Waals surface area contributed by atoms with E-state index in [0.717, 1.165) is 35.4 Å². The maximum atomic E-state index is 14.4. The van der Waals surface area contributed by atoms with Gasteiger partial charge in [-0.15, -0.1) is 21.5 Å². The molecule has 0 saturated heterocycles. The van der Waals surface area contributed by atoms with E-state index in [1.807, 2.05) is 29.6 Å². The summed E-state index contributed by atoms with van der Waals surface area (Å²) in [7, 11) is 0. The Morgan fingerprint density at radius 3 is 2.35 bits per heavy atom. The molecule has 2 fully saturated rings. The van der Waals surface area contributed by atoms with Gasteiger partial charge in [0.2, 0.25) is 11.7 Å². The van der Waals surface area contributed by atoms with Crippen LogP contribution in [0.4, 0.5) is 10.1 Å². The maximum absolute atomic E-state index is 14.4. The molecule has 224 valence electrons. The second kappa shape index (κ2) is 13.6. The molecule has 2 saturated carbocycles. The van der Waals surface area contributed by atoms with Crippen molar-refractivity contribution in [1.29, 1.82) is 0 Å². The molecule has 1 atom stereocenters. The summed E-state index contributed by atoms with van der Waals surface area (Å²) in [4.78, 5) is 31.7. The Labute approximate surface area is 255 Å².